The van der Waals surface area contributed by atoms with E-state index in [4.69, 9.17) is 0 Å². The molecule has 2 heterocycles. The number of aromatic nitrogens is 5. The Morgan fingerprint density at radius 2 is 2.10 bits per heavy atom. The lowest BCUT2D eigenvalue weighted by atomic mass is 10.2. The fourth-order valence-electron chi connectivity index (χ4n) is 1.50. The van der Waals surface area contributed by atoms with Gasteiger partial charge >= 0.3 is 5.69 Å². The number of hydrogen-bond donors (Lipinski definition) is 2. The fourth-order valence-corrected chi connectivity index (χ4v) is 2.18. The van der Waals surface area contributed by atoms with Gasteiger partial charge in [0.1, 0.15) is 0 Å². The highest BCUT2D eigenvalue weighted by Crippen LogP contribution is 2.19. The first-order valence-corrected chi connectivity index (χ1v) is 7.19. The minimum absolute atomic E-state index is 0.248. The van der Waals surface area contributed by atoms with Crippen molar-refractivity contribution in [3.05, 3.63) is 28.4 Å². The molecule has 0 saturated carbocycles. The highest BCUT2D eigenvalue weighted by molar-refractivity contribution is 7.99. The summed E-state index contributed by atoms with van der Waals surface area (Å²) in [5, 5.41) is 10.7. The van der Waals surface area contributed by atoms with Gasteiger partial charge in [-0.3, -0.25) is 4.57 Å². The van der Waals surface area contributed by atoms with Gasteiger partial charge in [-0.15, -0.1) is 5.10 Å². The monoisotopic (exact) mass is 294 g/mol. The van der Waals surface area contributed by atoms with Gasteiger partial charge in [-0.1, -0.05) is 13.8 Å². The molecule has 108 valence electrons. The van der Waals surface area contributed by atoms with Crippen LogP contribution in [0, 0.1) is 5.92 Å². The molecule has 2 rings (SSSR count). The molecule has 0 bridgehead atoms. The van der Waals surface area contributed by atoms with E-state index in [0.717, 1.165) is 18.7 Å². The average Bonchev–Trinajstić information content (AvgIpc) is 2.72. The van der Waals surface area contributed by atoms with Gasteiger partial charge in [0.2, 0.25) is 0 Å². The van der Waals surface area contributed by atoms with Crippen LogP contribution in [0.2, 0.25) is 0 Å². The Morgan fingerprint density at radius 3 is 2.65 bits per heavy atom. The number of rotatable bonds is 6. The van der Waals surface area contributed by atoms with E-state index in [0.29, 0.717) is 16.2 Å². The van der Waals surface area contributed by atoms with E-state index in [2.05, 4.69) is 39.3 Å². The highest BCUT2D eigenvalue weighted by atomic mass is 32.2. The Labute approximate surface area is 121 Å². The fraction of sp³-hybridized carbons (Fsp3) is 0.500. The quantitative estimate of drug-likeness (QED) is 0.766. The van der Waals surface area contributed by atoms with E-state index in [1.165, 1.54) is 16.3 Å². The van der Waals surface area contributed by atoms with E-state index in [9.17, 15) is 4.79 Å². The van der Waals surface area contributed by atoms with Gasteiger partial charge in [0.15, 0.2) is 10.3 Å². The summed E-state index contributed by atoms with van der Waals surface area (Å²) in [5.41, 5.74) is 0.785. The van der Waals surface area contributed by atoms with Crippen LogP contribution in [0.3, 0.4) is 0 Å². The van der Waals surface area contributed by atoms with Crippen LogP contribution >= 0.6 is 11.8 Å². The van der Waals surface area contributed by atoms with Crippen LogP contribution in [0.25, 0.3) is 0 Å². The number of nitrogens with one attached hydrogen (secondary N) is 2. The van der Waals surface area contributed by atoms with Crippen LogP contribution in [0.15, 0.2) is 27.5 Å². The lowest BCUT2D eigenvalue weighted by Gasteiger charge is -2.07. The zero-order chi connectivity index (χ0) is 14.5. The molecular weight excluding hydrogens is 276 g/mol. The SMILES string of the molecule is CC(C)CNCc1cnc(Sc2n[nH]c(=O)n2C)nc1. The van der Waals surface area contributed by atoms with E-state index in [-0.39, 0.29) is 5.69 Å². The topological polar surface area (TPSA) is 88.5 Å². The molecule has 0 aliphatic heterocycles. The molecule has 0 fully saturated rings. The van der Waals surface area contributed by atoms with Crippen LogP contribution in [0.5, 0.6) is 0 Å². The molecule has 0 aliphatic rings. The Morgan fingerprint density at radius 1 is 1.40 bits per heavy atom. The highest BCUT2D eigenvalue weighted by Gasteiger charge is 2.08. The lowest BCUT2D eigenvalue weighted by molar-refractivity contribution is 0.550. The van der Waals surface area contributed by atoms with E-state index in [1.54, 1.807) is 19.4 Å². The van der Waals surface area contributed by atoms with Gasteiger partial charge in [-0.25, -0.2) is 19.9 Å². The predicted molar refractivity (Wildman–Crippen MR) is 76.5 cm³/mol. The van der Waals surface area contributed by atoms with Gasteiger partial charge in [-0.2, -0.15) is 0 Å². The molecule has 0 amide bonds. The summed E-state index contributed by atoms with van der Waals surface area (Å²) < 4.78 is 1.42. The summed E-state index contributed by atoms with van der Waals surface area (Å²) in [7, 11) is 1.65. The van der Waals surface area contributed by atoms with E-state index >= 15 is 0 Å². The maximum atomic E-state index is 11.2. The summed E-state index contributed by atoms with van der Waals surface area (Å²) in [6, 6.07) is 0. The van der Waals surface area contributed by atoms with Crippen molar-refractivity contribution in [3.63, 3.8) is 0 Å². The number of aromatic amines is 1. The van der Waals surface area contributed by atoms with Crippen molar-refractivity contribution in [1.29, 1.82) is 0 Å². The van der Waals surface area contributed by atoms with Gasteiger partial charge in [-0.05, 0) is 24.2 Å². The standard InChI is InChI=1S/C12H18N6OS/c1-8(2)4-13-5-9-6-14-10(15-7-9)20-12-17-16-11(19)18(12)3/h6-8,13H,4-5H2,1-3H3,(H,16,19). The third-order valence-corrected chi connectivity index (χ3v) is 3.53. The van der Waals surface area contributed by atoms with Gasteiger partial charge in [0.25, 0.3) is 0 Å². The molecule has 0 unspecified atom stereocenters. The Balaban J connectivity index is 1.94. The molecular formula is C12H18N6OS. The average molecular weight is 294 g/mol. The summed E-state index contributed by atoms with van der Waals surface area (Å²) in [4.78, 5) is 19.8. The molecule has 20 heavy (non-hydrogen) atoms. The zero-order valence-corrected chi connectivity index (χ0v) is 12.6. The summed E-state index contributed by atoms with van der Waals surface area (Å²) in [6.07, 6.45) is 3.57. The minimum atomic E-state index is -0.248. The second-order valence-electron chi connectivity index (χ2n) is 4.87. The Hall–Kier alpha value is -1.67. The zero-order valence-electron chi connectivity index (χ0n) is 11.8. The molecule has 0 aromatic carbocycles. The van der Waals surface area contributed by atoms with Crippen LogP contribution in [-0.4, -0.2) is 31.3 Å². The maximum absolute atomic E-state index is 11.2. The normalized spacial score (nSPS) is 11.2. The van der Waals surface area contributed by atoms with Crippen molar-refractivity contribution in [2.75, 3.05) is 6.54 Å². The van der Waals surface area contributed by atoms with Crippen LogP contribution in [-0.2, 0) is 13.6 Å². The molecule has 7 nitrogen and oxygen atoms in total. The number of nitrogens with zero attached hydrogens (tertiary/aromatic N) is 4. The smallest absolute Gasteiger partial charge is 0.312 e. The second kappa shape index (κ2) is 6.67. The molecule has 2 aromatic rings. The first kappa shape index (κ1) is 14.7. The largest absolute Gasteiger partial charge is 0.343 e. The van der Waals surface area contributed by atoms with E-state index < -0.39 is 0 Å². The van der Waals surface area contributed by atoms with Gasteiger partial charge < -0.3 is 5.32 Å². The predicted octanol–water partition coefficient (Wildman–Crippen LogP) is 0.795. The molecule has 0 saturated heterocycles. The molecule has 2 N–H and O–H groups in total. The van der Waals surface area contributed by atoms with Crippen molar-refractivity contribution in [2.45, 2.75) is 30.7 Å². The van der Waals surface area contributed by atoms with Crippen molar-refractivity contribution < 1.29 is 0 Å². The van der Waals surface area contributed by atoms with Crippen molar-refractivity contribution in [1.82, 2.24) is 30.0 Å². The summed E-state index contributed by atoms with van der Waals surface area (Å²) >= 11 is 1.25. The second-order valence-corrected chi connectivity index (χ2v) is 5.81. The first-order valence-electron chi connectivity index (χ1n) is 6.37. The molecule has 8 heteroatoms. The van der Waals surface area contributed by atoms with Crippen LogP contribution in [0.1, 0.15) is 19.4 Å². The number of hydrogen-bond acceptors (Lipinski definition) is 6. The summed E-state index contributed by atoms with van der Waals surface area (Å²) in [6.45, 7) is 6.05. The minimum Gasteiger partial charge on any atom is -0.312 e. The Kier molecular flexibility index (Phi) is 4.91. The Bertz CT molecular complexity index is 603. The third kappa shape index (κ3) is 3.91. The van der Waals surface area contributed by atoms with Gasteiger partial charge in [0, 0.05) is 31.5 Å². The molecule has 2 aromatic heterocycles. The third-order valence-electron chi connectivity index (χ3n) is 2.58. The molecule has 0 spiro atoms. The maximum Gasteiger partial charge on any atom is 0.343 e. The van der Waals surface area contributed by atoms with Crippen molar-refractivity contribution >= 4 is 11.8 Å². The van der Waals surface area contributed by atoms with E-state index in [1.807, 2.05) is 0 Å². The first-order chi connectivity index (χ1) is 9.56. The van der Waals surface area contributed by atoms with Crippen molar-refractivity contribution in [2.24, 2.45) is 13.0 Å². The molecule has 0 radical (unpaired) electrons. The lowest BCUT2D eigenvalue weighted by Crippen LogP contribution is -2.19. The van der Waals surface area contributed by atoms with Crippen LogP contribution in [0.4, 0.5) is 0 Å². The number of H-pyrrole nitrogens is 1. The molecule has 0 aliphatic carbocycles. The summed E-state index contributed by atoms with van der Waals surface area (Å²) in [5.74, 6) is 0.617. The molecule has 0 atom stereocenters. The van der Waals surface area contributed by atoms with Gasteiger partial charge in [0.05, 0.1) is 0 Å². The van der Waals surface area contributed by atoms with Crippen LogP contribution < -0.4 is 11.0 Å². The van der Waals surface area contributed by atoms with Crippen molar-refractivity contribution in [3.8, 4) is 0 Å².